The predicted molar refractivity (Wildman–Crippen MR) is 96.5 cm³/mol. The van der Waals surface area contributed by atoms with Gasteiger partial charge < -0.3 is 4.74 Å². The van der Waals surface area contributed by atoms with Crippen LogP contribution in [0.25, 0.3) is 0 Å². The highest BCUT2D eigenvalue weighted by molar-refractivity contribution is 7.89. The average Bonchev–Trinajstić information content (AvgIpc) is 2.57. The molecule has 0 aromatic heterocycles. The van der Waals surface area contributed by atoms with Crippen molar-refractivity contribution in [1.82, 2.24) is 4.72 Å². The van der Waals surface area contributed by atoms with E-state index in [1.807, 2.05) is 43.3 Å². The molecule has 0 amide bonds. The Morgan fingerprint density at radius 3 is 2.21 bits per heavy atom. The second kappa shape index (κ2) is 8.97. The highest BCUT2D eigenvalue weighted by Crippen LogP contribution is 2.11. The number of rotatable bonds is 9. The Balaban J connectivity index is 1.77. The number of hydrogen-bond donors (Lipinski definition) is 1. The van der Waals surface area contributed by atoms with Crippen LogP contribution in [-0.4, -0.2) is 21.6 Å². The van der Waals surface area contributed by atoms with Gasteiger partial charge in [-0.3, -0.25) is 0 Å². The molecule has 0 saturated heterocycles. The Kier molecular flexibility index (Phi) is 6.97. The van der Waals surface area contributed by atoms with Crippen LogP contribution < -0.4 is 4.72 Å². The Morgan fingerprint density at radius 2 is 1.58 bits per heavy atom. The number of sulfonamides is 1. The van der Waals surface area contributed by atoms with Gasteiger partial charge in [-0.25, -0.2) is 13.1 Å². The van der Waals surface area contributed by atoms with Crippen LogP contribution in [0.4, 0.5) is 0 Å². The fourth-order valence-corrected chi connectivity index (χ4v) is 3.34. The van der Waals surface area contributed by atoms with Gasteiger partial charge >= 0.3 is 0 Å². The summed E-state index contributed by atoms with van der Waals surface area (Å²) in [6.07, 6.45) is 2.00. The minimum Gasteiger partial charge on any atom is -0.375 e. The van der Waals surface area contributed by atoms with Crippen molar-refractivity contribution in [3.8, 4) is 0 Å². The normalized spacial score (nSPS) is 11.6. The third-order valence-electron chi connectivity index (χ3n) is 3.70. The van der Waals surface area contributed by atoms with Gasteiger partial charge in [0.1, 0.15) is 0 Å². The zero-order valence-corrected chi connectivity index (χ0v) is 15.1. The summed E-state index contributed by atoms with van der Waals surface area (Å²) in [6.45, 7) is 5.21. The van der Waals surface area contributed by atoms with Crippen LogP contribution in [0.3, 0.4) is 0 Å². The van der Waals surface area contributed by atoms with Crippen molar-refractivity contribution in [3.05, 3.63) is 65.2 Å². The Morgan fingerprint density at radius 1 is 0.958 bits per heavy atom. The van der Waals surface area contributed by atoms with Crippen molar-refractivity contribution in [2.75, 3.05) is 13.2 Å². The van der Waals surface area contributed by atoms with E-state index in [1.165, 1.54) is 5.56 Å². The maximum atomic E-state index is 12.2. The van der Waals surface area contributed by atoms with Gasteiger partial charge in [0.05, 0.1) is 18.1 Å². The second-order valence-electron chi connectivity index (χ2n) is 5.83. The van der Waals surface area contributed by atoms with Crippen LogP contribution in [0, 0.1) is 6.92 Å². The topological polar surface area (TPSA) is 55.4 Å². The quantitative estimate of drug-likeness (QED) is 0.707. The van der Waals surface area contributed by atoms with E-state index in [4.69, 9.17) is 4.74 Å². The highest BCUT2D eigenvalue weighted by atomic mass is 32.2. The molecule has 2 aromatic carbocycles. The number of aryl methyl sites for hydroxylation is 2. The fraction of sp³-hybridized carbons (Fsp3) is 0.368. The average molecular weight is 347 g/mol. The van der Waals surface area contributed by atoms with Crippen molar-refractivity contribution < 1.29 is 13.2 Å². The molecule has 0 radical (unpaired) electrons. The van der Waals surface area contributed by atoms with Gasteiger partial charge in [-0.15, -0.1) is 0 Å². The molecular formula is C19H25NO3S. The highest BCUT2D eigenvalue weighted by Gasteiger charge is 2.12. The lowest BCUT2D eigenvalue weighted by Gasteiger charge is -2.08. The standard InChI is InChI=1S/C19H25NO3S/c1-3-4-17-9-11-19(12-10-17)24(21,22)20-13-14-23-15-18-7-5-16(2)6-8-18/h5-12,20H,3-4,13-15H2,1-2H3. The third kappa shape index (κ3) is 5.74. The molecule has 0 heterocycles. The number of nitrogens with one attached hydrogen (secondary N) is 1. The van der Waals surface area contributed by atoms with Crippen molar-refractivity contribution in [1.29, 1.82) is 0 Å². The molecule has 0 saturated carbocycles. The van der Waals surface area contributed by atoms with Crippen molar-refractivity contribution in [2.24, 2.45) is 0 Å². The van der Waals surface area contributed by atoms with Gasteiger partial charge in [-0.05, 0) is 36.6 Å². The molecule has 0 aliphatic heterocycles. The third-order valence-corrected chi connectivity index (χ3v) is 5.18. The molecule has 0 atom stereocenters. The largest absolute Gasteiger partial charge is 0.375 e. The van der Waals surface area contributed by atoms with Crippen LogP contribution in [0.15, 0.2) is 53.4 Å². The van der Waals surface area contributed by atoms with E-state index in [-0.39, 0.29) is 6.54 Å². The van der Waals surface area contributed by atoms with Crippen LogP contribution in [0.2, 0.25) is 0 Å². The molecule has 24 heavy (non-hydrogen) atoms. The van der Waals surface area contributed by atoms with Crippen molar-refractivity contribution in [2.45, 2.75) is 38.2 Å². The number of benzene rings is 2. The monoisotopic (exact) mass is 347 g/mol. The minimum absolute atomic E-state index is 0.255. The summed E-state index contributed by atoms with van der Waals surface area (Å²) in [7, 11) is -3.47. The molecule has 0 spiro atoms. The van der Waals surface area contributed by atoms with Crippen LogP contribution in [0.5, 0.6) is 0 Å². The molecule has 0 bridgehead atoms. The molecular weight excluding hydrogens is 322 g/mol. The van der Waals surface area contributed by atoms with Crippen molar-refractivity contribution >= 4 is 10.0 Å². The Bertz CT molecular complexity index is 722. The summed E-state index contributed by atoms with van der Waals surface area (Å²) >= 11 is 0. The summed E-state index contributed by atoms with van der Waals surface area (Å²) in [5, 5.41) is 0. The summed E-state index contributed by atoms with van der Waals surface area (Å²) in [4.78, 5) is 0.292. The molecule has 5 heteroatoms. The lowest BCUT2D eigenvalue weighted by Crippen LogP contribution is -2.27. The lowest BCUT2D eigenvalue weighted by molar-refractivity contribution is 0.126. The Hall–Kier alpha value is -1.69. The van der Waals surface area contributed by atoms with E-state index < -0.39 is 10.0 Å². The van der Waals surface area contributed by atoms with E-state index in [9.17, 15) is 8.42 Å². The molecule has 2 aromatic rings. The van der Waals surface area contributed by atoms with Crippen LogP contribution in [0.1, 0.15) is 30.0 Å². The molecule has 0 unspecified atom stereocenters. The molecule has 4 nitrogen and oxygen atoms in total. The molecule has 0 fully saturated rings. The molecule has 1 N–H and O–H groups in total. The van der Waals surface area contributed by atoms with Gasteiger partial charge in [0.2, 0.25) is 10.0 Å². The maximum absolute atomic E-state index is 12.2. The first-order valence-corrected chi connectivity index (χ1v) is 9.71. The van der Waals surface area contributed by atoms with Gasteiger partial charge in [-0.2, -0.15) is 0 Å². The van der Waals surface area contributed by atoms with Gasteiger partial charge in [-0.1, -0.05) is 55.3 Å². The van der Waals surface area contributed by atoms with Crippen molar-refractivity contribution in [3.63, 3.8) is 0 Å². The summed E-state index contributed by atoms with van der Waals surface area (Å²) in [5.41, 5.74) is 3.43. The molecule has 2 rings (SSSR count). The summed E-state index contributed by atoms with van der Waals surface area (Å²) < 4.78 is 32.5. The first-order chi connectivity index (χ1) is 11.5. The maximum Gasteiger partial charge on any atom is 0.240 e. The smallest absolute Gasteiger partial charge is 0.240 e. The zero-order valence-electron chi connectivity index (χ0n) is 14.3. The first kappa shape index (κ1) is 18.6. The Labute approximate surface area is 144 Å². The zero-order chi connectivity index (χ0) is 17.4. The second-order valence-corrected chi connectivity index (χ2v) is 7.60. The molecule has 0 aliphatic carbocycles. The van der Waals surface area contributed by atoms with Crippen LogP contribution >= 0.6 is 0 Å². The predicted octanol–water partition coefficient (Wildman–Crippen LogP) is 3.44. The number of hydrogen-bond acceptors (Lipinski definition) is 3. The molecule has 130 valence electrons. The molecule has 0 aliphatic rings. The van der Waals surface area contributed by atoms with Gasteiger partial charge in [0.15, 0.2) is 0 Å². The summed E-state index contributed by atoms with van der Waals surface area (Å²) in [6, 6.07) is 15.1. The van der Waals surface area contributed by atoms with Crippen LogP contribution in [-0.2, 0) is 27.8 Å². The van der Waals surface area contributed by atoms with Gasteiger partial charge in [0.25, 0.3) is 0 Å². The van der Waals surface area contributed by atoms with E-state index in [0.29, 0.717) is 18.1 Å². The number of ether oxygens (including phenoxy) is 1. The SMILES string of the molecule is CCCc1ccc(S(=O)(=O)NCCOCc2ccc(C)cc2)cc1. The minimum atomic E-state index is -3.47. The van der Waals surface area contributed by atoms with E-state index >= 15 is 0 Å². The summed E-state index contributed by atoms with van der Waals surface area (Å²) in [5.74, 6) is 0. The fourth-order valence-electron chi connectivity index (χ4n) is 2.33. The lowest BCUT2D eigenvalue weighted by atomic mass is 10.1. The van der Waals surface area contributed by atoms with E-state index in [0.717, 1.165) is 24.0 Å². The van der Waals surface area contributed by atoms with E-state index in [2.05, 4.69) is 11.6 Å². The first-order valence-electron chi connectivity index (χ1n) is 8.23. The van der Waals surface area contributed by atoms with Gasteiger partial charge in [0, 0.05) is 6.54 Å². The van der Waals surface area contributed by atoms with E-state index in [1.54, 1.807) is 12.1 Å².